The lowest BCUT2D eigenvalue weighted by molar-refractivity contribution is -0.162. The SMILES string of the molecule is COC(=O)CCN(CC(F)(F)F)C(=O)CCNC(C)(C)C. The number of nitrogens with zero attached hydrogens (tertiary/aromatic N) is 1. The van der Waals surface area contributed by atoms with Crippen LogP contribution in [0.1, 0.15) is 33.6 Å². The Morgan fingerprint density at radius 1 is 1.14 bits per heavy atom. The first-order valence-corrected chi connectivity index (χ1v) is 6.61. The minimum atomic E-state index is -4.50. The van der Waals surface area contributed by atoms with Crippen molar-refractivity contribution >= 4 is 11.9 Å². The van der Waals surface area contributed by atoms with Crippen LogP contribution >= 0.6 is 0 Å². The van der Waals surface area contributed by atoms with Gasteiger partial charge in [-0.05, 0) is 20.8 Å². The second-order valence-corrected chi connectivity index (χ2v) is 5.68. The third kappa shape index (κ3) is 11.1. The average Bonchev–Trinajstić information content (AvgIpc) is 2.30. The fourth-order valence-electron chi connectivity index (χ4n) is 1.54. The van der Waals surface area contributed by atoms with Gasteiger partial charge in [-0.1, -0.05) is 0 Å². The Morgan fingerprint density at radius 2 is 1.71 bits per heavy atom. The molecule has 0 saturated heterocycles. The molecule has 0 aromatic carbocycles. The zero-order valence-corrected chi connectivity index (χ0v) is 12.8. The van der Waals surface area contributed by atoms with Gasteiger partial charge in [0.25, 0.3) is 0 Å². The van der Waals surface area contributed by atoms with Gasteiger partial charge in [-0.15, -0.1) is 0 Å². The second-order valence-electron chi connectivity index (χ2n) is 5.68. The van der Waals surface area contributed by atoms with E-state index in [1.165, 1.54) is 0 Å². The molecule has 124 valence electrons. The monoisotopic (exact) mass is 312 g/mol. The fraction of sp³-hybridized carbons (Fsp3) is 0.846. The summed E-state index contributed by atoms with van der Waals surface area (Å²) in [5.74, 6) is -1.30. The molecule has 0 radical (unpaired) electrons. The number of hydrogen-bond acceptors (Lipinski definition) is 4. The lowest BCUT2D eigenvalue weighted by atomic mass is 10.1. The Hall–Kier alpha value is -1.31. The number of hydrogen-bond donors (Lipinski definition) is 1. The number of nitrogens with one attached hydrogen (secondary N) is 1. The number of ether oxygens (including phenoxy) is 1. The highest BCUT2D eigenvalue weighted by molar-refractivity contribution is 5.77. The van der Waals surface area contributed by atoms with Gasteiger partial charge in [-0.3, -0.25) is 9.59 Å². The molecule has 5 nitrogen and oxygen atoms in total. The van der Waals surface area contributed by atoms with Gasteiger partial charge in [0.05, 0.1) is 13.5 Å². The normalized spacial score (nSPS) is 12.1. The van der Waals surface area contributed by atoms with Gasteiger partial charge in [0.2, 0.25) is 5.91 Å². The average molecular weight is 312 g/mol. The third-order valence-corrected chi connectivity index (χ3v) is 2.53. The van der Waals surface area contributed by atoms with E-state index in [1.54, 1.807) is 0 Å². The van der Waals surface area contributed by atoms with Crippen molar-refractivity contribution in [1.82, 2.24) is 10.2 Å². The lowest BCUT2D eigenvalue weighted by Crippen LogP contribution is -2.43. The van der Waals surface area contributed by atoms with Crippen LogP contribution < -0.4 is 5.32 Å². The minimum absolute atomic E-state index is 0.0610. The van der Waals surface area contributed by atoms with Crippen LogP contribution in [-0.4, -0.2) is 55.2 Å². The summed E-state index contributed by atoms with van der Waals surface area (Å²) in [5, 5.41) is 3.03. The van der Waals surface area contributed by atoms with Crippen molar-refractivity contribution in [2.24, 2.45) is 0 Å². The first-order chi connectivity index (χ1) is 9.44. The smallest absolute Gasteiger partial charge is 0.406 e. The zero-order chi connectivity index (χ0) is 16.7. The van der Waals surface area contributed by atoms with Crippen LogP contribution in [0.3, 0.4) is 0 Å². The molecule has 0 aromatic rings. The Balaban J connectivity index is 4.49. The number of halogens is 3. The summed E-state index contributed by atoms with van der Waals surface area (Å²) < 4.78 is 41.7. The van der Waals surface area contributed by atoms with Gasteiger partial charge in [0.15, 0.2) is 0 Å². The quantitative estimate of drug-likeness (QED) is 0.727. The Morgan fingerprint density at radius 3 is 2.14 bits per heavy atom. The van der Waals surface area contributed by atoms with E-state index in [4.69, 9.17) is 0 Å². The van der Waals surface area contributed by atoms with Crippen molar-refractivity contribution in [3.63, 3.8) is 0 Å². The number of carbonyl (C=O) groups excluding carboxylic acids is 2. The molecular weight excluding hydrogens is 289 g/mol. The maximum Gasteiger partial charge on any atom is 0.406 e. The van der Waals surface area contributed by atoms with E-state index in [2.05, 4.69) is 10.1 Å². The number of amides is 1. The van der Waals surface area contributed by atoms with Crippen molar-refractivity contribution in [1.29, 1.82) is 0 Å². The van der Waals surface area contributed by atoms with Crippen LogP contribution in [-0.2, 0) is 14.3 Å². The van der Waals surface area contributed by atoms with Crippen molar-refractivity contribution in [3.05, 3.63) is 0 Å². The van der Waals surface area contributed by atoms with Crippen LogP contribution in [0.5, 0.6) is 0 Å². The molecule has 0 saturated carbocycles. The lowest BCUT2D eigenvalue weighted by Gasteiger charge is -2.25. The van der Waals surface area contributed by atoms with Crippen molar-refractivity contribution in [3.8, 4) is 0 Å². The number of esters is 1. The summed E-state index contributed by atoms with van der Waals surface area (Å²) in [7, 11) is 1.14. The van der Waals surface area contributed by atoms with Crippen LogP contribution in [0.25, 0.3) is 0 Å². The molecule has 0 rings (SSSR count). The molecule has 1 amide bonds. The zero-order valence-electron chi connectivity index (χ0n) is 12.8. The summed E-state index contributed by atoms with van der Waals surface area (Å²) in [6, 6.07) is 0. The molecule has 0 aliphatic carbocycles. The summed E-state index contributed by atoms with van der Waals surface area (Å²) in [6.07, 6.45) is -4.82. The molecule has 0 heterocycles. The van der Waals surface area contributed by atoms with Gasteiger partial charge >= 0.3 is 12.1 Å². The van der Waals surface area contributed by atoms with Crippen molar-refractivity contribution in [2.45, 2.75) is 45.3 Å². The Labute approximate surface area is 122 Å². The second kappa shape index (κ2) is 8.21. The summed E-state index contributed by atoms with van der Waals surface area (Å²) in [5.41, 5.74) is -0.221. The highest BCUT2D eigenvalue weighted by atomic mass is 19.4. The fourth-order valence-corrected chi connectivity index (χ4v) is 1.54. The van der Waals surface area contributed by atoms with E-state index < -0.39 is 24.6 Å². The molecular formula is C13H23F3N2O3. The van der Waals surface area contributed by atoms with E-state index in [1.807, 2.05) is 20.8 Å². The predicted molar refractivity (Wildman–Crippen MR) is 71.6 cm³/mol. The van der Waals surface area contributed by atoms with E-state index in [9.17, 15) is 22.8 Å². The number of methoxy groups -OCH3 is 1. The highest BCUT2D eigenvalue weighted by Crippen LogP contribution is 2.17. The molecule has 0 bridgehead atoms. The molecule has 0 spiro atoms. The number of rotatable bonds is 7. The van der Waals surface area contributed by atoms with Crippen LogP contribution in [0.4, 0.5) is 13.2 Å². The van der Waals surface area contributed by atoms with Crippen LogP contribution in [0.2, 0.25) is 0 Å². The van der Waals surface area contributed by atoms with Crippen LogP contribution in [0.15, 0.2) is 0 Å². The maximum atomic E-state index is 12.5. The van der Waals surface area contributed by atoms with Crippen molar-refractivity contribution < 1.29 is 27.5 Å². The van der Waals surface area contributed by atoms with Gasteiger partial charge in [-0.2, -0.15) is 13.2 Å². The minimum Gasteiger partial charge on any atom is -0.469 e. The molecule has 0 aromatic heterocycles. The Kier molecular flexibility index (Phi) is 7.70. The Bertz CT molecular complexity index is 352. The third-order valence-electron chi connectivity index (χ3n) is 2.53. The molecule has 8 heteroatoms. The van der Waals surface area contributed by atoms with Gasteiger partial charge in [-0.25, -0.2) is 0 Å². The van der Waals surface area contributed by atoms with Crippen molar-refractivity contribution in [2.75, 3.05) is 26.7 Å². The molecule has 0 aliphatic rings. The number of alkyl halides is 3. The van der Waals surface area contributed by atoms with Gasteiger partial charge < -0.3 is 15.0 Å². The molecule has 1 N–H and O–H groups in total. The van der Waals surface area contributed by atoms with E-state index in [0.29, 0.717) is 4.90 Å². The standard InChI is InChI=1S/C13H23F3N2O3/c1-12(2,3)17-7-5-10(19)18(9-13(14,15)16)8-6-11(20)21-4/h17H,5-9H2,1-4H3. The predicted octanol–water partition coefficient (Wildman–Crippen LogP) is 1.72. The summed E-state index contributed by atoms with van der Waals surface area (Å²) in [6.45, 7) is 4.28. The van der Waals surface area contributed by atoms with Gasteiger partial charge in [0.1, 0.15) is 6.54 Å². The number of carbonyl (C=O) groups is 2. The first-order valence-electron chi connectivity index (χ1n) is 6.61. The van der Waals surface area contributed by atoms with Gasteiger partial charge in [0, 0.05) is 25.0 Å². The molecule has 0 unspecified atom stereocenters. The maximum absolute atomic E-state index is 12.5. The van der Waals surface area contributed by atoms with Crippen LogP contribution in [0, 0.1) is 0 Å². The van der Waals surface area contributed by atoms with E-state index in [-0.39, 0.29) is 31.5 Å². The highest BCUT2D eigenvalue weighted by Gasteiger charge is 2.33. The first kappa shape index (κ1) is 19.7. The molecule has 21 heavy (non-hydrogen) atoms. The van der Waals surface area contributed by atoms with E-state index in [0.717, 1.165) is 7.11 Å². The molecule has 0 aliphatic heterocycles. The molecule has 0 fully saturated rings. The largest absolute Gasteiger partial charge is 0.469 e. The van der Waals surface area contributed by atoms with E-state index >= 15 is 0 Å². The summed E-state index contributed by atoms with van der Waals surface area (Å²) >= 11 is 0. The molecule has 0 atom stereocenters. The summed E-state index contributed by atoms with van der Waals surface area (Å²) in [4.78, 5) is 23.5. The topological polar surface area (TPSA) is 58.6 Å².